The molecule has 78 valence electrons. The van der Waals surface area contributed by atoms with Crippen LogP contribution in [0.1, 0.15) is 17.6 Å². The van der Waals surface area contributed by atoms with E-state index < -0.39 is 26.1 Å². The van der Waals surface area contributed by atoms with E-state index >= 15 is 0 Å². The van der Waals surface area contributed by atoms with E-state index in [0.29, 0.717) is 0 Å². The third-order valence-corrected chi connectivity index (χ3v) is 2.85. The van der Waals surface area contributed by atoms with E-state index in [9.17, 15) is 17.2 Å². The van der Waals surface area contributed by atoms with Crippen molar-refractivity contribution in [1.29, 1.82) is 0 Å². The van der Waals surface area contributed by atoms with Gasteiger partial charge in [-0.25, -0.2) is 22.2 Å². The predicted molar refractivity (Wildman–Crippen MR) is 47.0 cm³/mol. The van der Waals surface area contributed by atoms with Gasteiger partial charge >= 0.3 is 0 Å². The maximum Gasteiger partial charge on any atom is 0.279 e. The van der Waals surface area contributed by atoms with E-state index in [1.807, 2.05) is 0 Å². The highest BCUT2D eigenvalue weighted by Crippen LogP contribution is 2.29. The van der Waals surface area contributed by atoms with Crippen molar-refractivity contribution >= 4 is 19.7 Å². The van der Waals surface area contributed by atoms with Crippen molar-refractivity contribution in [3.63, 3.8) is 0 Å². The molecule has 0 aromatic carbocycles. The standard InChI is InChI=1S/C7H6ClF2NO2S/c1-4-2-3-11-7(14(8,12)13)5(4)6(9)10/h2-3,6H,1H3. The third kappa shape index (κ3) is 2.19. The topological polar surface area (TPSA) is 47.0 Å². The summed E-state index contributed by atoms with van der Waals surface area (Å²) in [5, 5.41) is -0.769. The van der Waals surface area contributed by atoms with Gasteiger partial charge in [0.2, 0.25) is 0 Å². The minimum Gasteiger partial charge on any atom is -0.243 e. The molecule has 0 unspecified atom stereocenters. The highest BCUT2D eigenvalue weighted by Gasteiger charge is 2.24. The molecule has 0 aliphatic carbocycles. The van der Waals surface area contributed by atoms with Crippen LogP contribution in [0.25, 0.3) is 0 Å². The molecule has 14 heavy (non-hydrogen) atoms. The smallest absolute Gasteiger partial charge is 0.243 e. The van der Waals surface area contributed by atoms with Gasteiger partial charge in [-0.1, -0.05) is 0 Å². The van der Waals surface area contributed by atoms with Crippen molar-refractivity contribution in [1.82, 2.24) is 4.98 Å². The van der Waals surface area contributed by atoms with Crippen molar-refractivity contribution in [2.75, 3.05) is 0 Å². The molecule has 0 saturated heterocycles. The van der Waals surface area contributed by atoms with Crippen molar-refractivity contribution in [3.8, 4) is 0 Å². The lowest BCUT2D eigenvalue weighted by molar-refractivity contribution is 0.146. The van der Waals surface area contributed by atoms with Crippen LogP contribution in [0.15, 0.2) is 17.3 Å². The second-order valence-corrected chi connectivity index (χ2v) is 5.07. The Kier molecular flexibility index (Phi) is 3.06. The SMILES string of the molecule is Cc1ccnc(S(=O)(=O)Cl)c1C(F)F. The Labute approximate surface area is 84.1 Å². The minimum atomic E-state index is -4.22. The second-order valence-electron chi connectivity index (χ2n) is 2.59. The van der Waals surface area contributed by atoms with Crippen LogP contribution in [0, 0.1) is 6.92 Å². The van der Waals surface area contributed by atoms with Gasteiger partial charge in [0.1, 0.15) is 0 Å². The molecule has 1 heterocycles. The zero-order valence-corrected chi connectivity index (χ0v) is 8.61. The van der Waals surface area contributed by atoms with E-state index in [1.54, 1.807) is 0 Å². The Hall–Kier alpha value is -0.750. The molecule has 0 amide bonds. The van der Waals surface area contributed by atoms with Gasteiger partial charge < -0.3 is 0 Å². The van der Waals surface area contributed by atoms with Gasteiger partial charge in [-0.05, 0) is 18.6 Å². The Morgan fingerprint density at radius 1 is 1.50 bits per heavy atom. The van der Waals surface area contributed by atoms with Gasteiger partial charge in [-0.15, -0.1) is 0 Å². The molecule has 1 aromatic heterocycles. The minimum absolute atomic E-state index is 0.147. The maximum absolute atomic E-state index is 12.5. The molecular weight excluding hydrogens is 236 g/mol. The summed E-state index contributed by atoms with van der Waals surface area (Å²) in [6.45, 7) is 1.37. The summed E-state index contributed by atoms with van der Waals surface area (Å²) < 4.78 is 46.7. The van der Waals surface area contributed by atoms with Crippen molar-refractivity contribution < 1.29 is 17.2 Å². The van der Waals surface area contributed by atoms with Crippen molar-refractivity contribution in [3.05, 3.63) is 23.4 Å². The molecule has 0 saturated carbocycles. The van der Waals surface area contributed by atoms with Crippen LogP contribution in [0.2, 0.25) is 0 Å². The summed E-state index contributed by atoms with van der Waals surface area (Å²) in [5.41, 5.74) is -0.489. The number of halogens is 3. The summed E-state index contributed by atoms with van der Waals surface area (Å²) in [4.78, 5) is 3.33. The van der Waals surface area contributed by atoms with Crippen LogP contribution in [0.4, 0.5) is 8.78 Å². The van der Waals surface area contributed by atoms with Crippen molar-refractivity contribution in [2.24, 2.45) is 0 Å². The van der Waals surface area contributed by atoms with Gasteiger partial charge in [-0.3, -0.25) is 0 Å². The first kappa shape index (κ1) is 11.3. The Morgan fingerprint density at radius 2 is 2.07 bits per heavy atom. The molecule has 0 radical (unpaired) electrons. The molecule has 0 spiro atoms. The molecule has 0 aliphatic heterocycles. The summed E-state index contributed by atoms with van der Waals surface area (Å²) >= 11 is 0. The average molecular weight is 242 g/mol. The van der Waals surface area contributed by atoms with Crippen LogP contribution in [0.5, 0.6) is 0 Å². The normalized spacial score (nSPS) is 12.1. The quantitative estimate of drug-likeness (QED) is 0.746. The summed E-state index contributed by atoms with van der Waals surface area (Å²) in [5.74, 6) is 0. The third-order valence-electron chi connectivity index (χ3n) is 1.62. The number of alkyl halides is 2. The van der Waals surface area contributed by atoms with Gasteiger partial charge in [-0.2, -0.15) is 0 Å². The number of aromatic nitrogens is 1. The summed E-state index contributed by atoms with van der Waals surface area (Å²) in [6, 6.07) is 1.30. The lowest BCUT2D eigenvalue weighted by Gasteiger charge is -2.07. The van der Waals surface area contributed by atoms with E-state index in [4.69, 9.17) is 10.7 Å². The fourth-order valence-electron chi connectivity index (χ4n) is 1.00. The molecule has 0 N–H and O–H groups in total. The van der Waals surface area contributed by atoms with E-state index in [0.717, 1.165) is 6.20 Å². The highest BCUT2D eigenvalue weighted by atomic mass is 35.7. The van der Waals surface area contributed by atoms with Crippen LogP contribution in [-0.4, -0.2) is 13.4 Å². The lowest BCUT2D eigenvalue weighted by Crippen LogP contribution is -2.04. The Morgan fingerprint density at radius 3 is 2.43 bits per heavy atom. The van der Waals surface area contributed by atoms with Gasteiger partial charge in [0.05, 0.1) is 5.56 Å². The van der Waals surface area contributed by atoms with Gasteiger partial charge in [0.15, 0.2) is 5.03 Å². The number of nitrogens with zero attached hydrogens (tertiary/aromatic N) is 1. The van der Waals surface area contributed by atoms with Gasteiger partial charge in [0.25, 0.3) is 15.5 Å². The molecule has 0 aliphatic rings. The molecule has 0 atom stereocenters. The maximum atomic E-state index is 12.5. The Balaban J connectivity index is 3.52. The van der Waals surface area contributed by atoms with Crippen LogP contribution < -0.4 is 0 Å². The number of hydrogen-bond acceptors (Lipinski definition) is 3. The largest absolute Gasteiger partial charge is 0.279 e. The fourth-order valence-corrected chi connectivity index (χ4v) is 2.07. The number of hydrogen-bond donors (Lipinski definition) is 0. The zero-order valence-electron chi connectivity index (χ0n) is 7.04. The van der Waals surface area contributed by atoms with Crippen LogP contribution in [0.3, 0.4) is 0 Å². The molecule has 3 nitrogen and oxygen atoms in total. The first-order valence-corrected chi connectivity index (χ1v) is 5.83. The number of aryl methyl sites for hydroxylation is 1. The van der Waals surface area contributed by atoms with Crippen molar-refractivity contribution in [2.45, 2.75) is 18.4 Å². The number of rotatable bonds is 2. The van der Waals surface area contributed by atoms with Gasteiger partial charge in [0, 0.05) is 16.9 Å². The summed E-state index contributed by atoms with van der Waals surface area (Å²) in [6.07, 6.45) is -1.79. The molecular formula is C7H6ClF2NO2S. The van der Waals surface area contributed by atoms with E-state index in [-0.39, 0.29) is 5.56 Å². The first-order valence-electron chi connectivity index (χ1n) is 3.52. The summed E-state index contributed by atoms with van der Waals surface area (Å²) in [7, 11) is 0.736. The highest BCUT2D eigenvalue weighted by molar-refractivity contribution is 8.13. The first-order chi connectivity index (χ1) is 6.34. The molecule has 1 aromatic rings. The average Bonchev–Trinajstić information content (AvgIpc) is 2.01. The molecule has 7 heteroatoms. The lowest BCUT2D eigenvalue weighted by atomic mass is 10.2. The Bertz CT molecular complexity index is 447. The molecule has 0 fully saturated rings. The fraction of sp³-hybridized carbons (Fsp3) is 0.286. The van der Waals surface area contributed by atoms with E-state index in [2.05, 4.69) is 4.98 Å². The molecule has 1 rings (SSSR count). The number of pyridine rings is 1. The zero-order chi connectivity index (χ0) is 10.9. The van der Waals surface area contributed by atoms with Crippen LogP contribution in [-0.2, 0) is 9.05 Å². The van der Waals surface area contributed by atoms with Crippen LogP contribution >= 0.6 is 10.7 Å². The monoisotopic (exact) mass is 241 g/mol. The predicted octanol–water partition coefficient (Wildman–Crippen LogP) is 2.26. The van der Waals surface area contributed by atoms with E-state index in [1.165, 1.54) is 13.0 Å². The second kappa shape index (κ2) is 3.78. The molecule has 0 bridgehead atoms.